The predicted molar refractivity (Wildman–Crippen MR) is 99.5 cm³/mol. The van der Waals surface area contributed by atoms with Crippen molar-refractivity contribution in [3.63, 3.8) is 0 Å². The monoisotopic (exact) mass is 334 g/mol. The van der Waals surface area contributed by atoms with Crippen LogP contribution in [0.3, 0.4) is 0 Å². The minimum Gasteiger partial charge on any atom is -0.211 e. The summed E-state index contributed by atoms with van der Waals surface area (Å²) in [5, 5.41) is 0. The third-order valence-corrected chi connectivity index (χ3v) is 4.36. The first-order valence-electron chi connectivity index (χ1n) is 8.44. The first-order chi connectivity index (χ1) is 12.0. The summed E-state index contributed by atoms with van der Waals surface area (Å²) in [6, 6.07) is 8.32. The number of aryl methyl sites for hydroxylation is 4. The Morgan fingerprint density at radius 3 is 1.48 bits per heavy atom. The topological polar surface area (TPSA) is 58.9 Å². The Bertz CT molecular complexity index is 814. The van der Waals surface area contributed by atoms with Crippen molar-refractivity contribution >= 4 is 23.5 Å². The molecule has 128 valence electrons. The van der Waals surface area contributed by atoms with Crippen LogP contribution in [0.4, 0.5) is 11.4 Å². The van der Waals surface area contributed by atoms with Crippen LogP contribution in [0.1, 0.15) is 47.2 Å². The molecule has 0 aliphatic carbocycles. The first kappa shape index (κ1) is 18.5. The molecular weight excluding hydrogens is 312 g/mol. The van der Waals surface area contributed by atoms with Crippen LogP contribution >= 0.6 is 0 Å². The normalized spacial score (nSPS) is 10.1. The SMILES string of the molecule is CCc1cc(Cc2cc(C)c(N=C=O)c(CC)c2)cc(C)c1N=C=O. The van der Waals surface area contributed by atoms with E-state index in [-0.39, 0.29) is 0 Å². The maximum atomic E-state index is 10.6. The molecule has 0 amide bonds. The van der Waals surface area contributed by atoms with Crippen molar-refractivity contribution in [2.45, 2.75) is 47.0 Å². The van der Waals surface area contributed by atoms with Gasteiger partial charge in [0.1, 0.15) is 0 Å². The van der Waals surface area contributed by atoms with Gasteiger partial charge in [0, 0.05) is 0 Å². The van der Waals surface area contributed by atoms with Crippen molar-refractivity contribution in [2.75, 3.05) is 0 Å². The van der Waals surface area contributed by atoms with Crippen molar-refractivity contribution in [1.29, 1.82) is 0 Å². The van der Waals surface area contributed by atoms with E-state index in [0.717, 1.165) is 52.9 Å². The fraction of sp³-hybridized carbons (Fsp3) is 0.333. The highest BCUT2D eigenvalue weighted by Gasteiger charge is 2.10. The Hall–Kier alpha value is -2.80. The van der Waals surface area contributed by atoms with E-state index in [4.69, 9.17) is 0 Å². The lowest BCUT2D eigenvalue weighted by Gasteiger charge is -2.13. The van der Waals surface area contributed by atoms with E-state index in [2.05, 4.69) is 34.3 Å². The molecule has 0 atom stereocenters. The van der Waals surface area contributed by atoms with Gasteiger partial charge in [-0.25, -0.2) is 9.59 Å². The Kier molecular flexibility index (Phi) is 6.19. The Balaban J connectivity index is 2.46. The smallest absolute Gasteiger partial charge is 0.211 e. The number of isocyanates is 2. The van der Waals surface area contributed by atoms with Gasteiger partial charge in [-0.3, -0.25) is 0 Å². The number of benzene rings is 2. The number of hydrogen-bond donors (Lipinski definition) is 0. The van der Waals surface area contributed by atoms with Crippen LogP contribution in [0.5, 0.6) is 0 Å². The van der Waals surface area contributed by atoms with E-state index in [0.29, 0.717) is 0 Å². The molecule has 0 aliphatic heterocycles. The molecule has 2 aromatic rings. The molecule has 0 aromatic heterocycles. The number of nitrogens with zero attached hydrogens (tertiary/aromatic N) is 2. The van der Waals surface area contributed by atoms with Crippen LogP contribution in [-0.4, -0.2) is 12.2 Å². The molecule has 0 aliphatic rings. The molecular formula is C21H22N2O2. The van der Waals surface area contributed by atoms with E-state index in [1.165, 1.54) is 11.1 Å². The lowest BCUT2D eigenvalue weighted by molar-refractivity contribution is 0.564. The molecule has 25 heavy (non-hydrogen) atoms. The maximum Gasteiger partial charge on any atom is 0.240 e. The van der Waals surface area contributed by atoms with Gasteiger partial charge in [0.25, 0.3) is 0 Å². The van der Waals surface area contributed by atoms with Crippen LogP contribution < -0.4 is 0 Å². The molecule has 2 aromatic carbocycles. The first-order valence-corrected chi connectivity index (χ1v) is 8.44. The lowest BCUT2D eigenvalue weighted by atomic mass is 9.94. The van der Waals surface area contributed by atoms with Crippen LogP contribution in [0.2, 0.25) is 0 Å². The molecule has 0 bridgehead atoms. The van der Waals surface area contributed by atoms with E-state index in [1.807, 2.05) is 27.7 Å². The number of hydrogen-bond acceptors (Lipinski definition) is 4. The van der Waals surface area contributed by atoms with E-state index >= 15 is 0 Å². The molecule has 0 radical (unpaired) electrons. The summed E-state index contributed by atoms with van der Waals surface area (Å²) in [5.41, 5.74) is 7.85. The molecule has 0 spiro atoms. The molecule has 0 heterocycles. The predicted octanol–water partition coefficient (Wildman–Crippen LogP) is 4.95. The molecule has 0 saturated heterocycles. The van der Waals surface area contributed by atoms with Gasteiger partial charge < -0.3 is 0 Å². The van der Waals surface area contributed by atoms with Gasteiger partial charge in [0.2, 0.25) is 12.2 Å². The molecule has 4 nitrogen and oxygen atoms in total. The summed E-state index contributed by atoms with van der Waals surface area (Å²) in [5.74, 6) is 0. The minimum absolute atomic E-state index is 0.724. The van der Waals surface area contributed by atoms with Crippen LogP contribution in [0, 0.1) is 13.8 Å². The van der Waals surface area contributed by atoms with Crippen molar-refractivity contribution < 1.29 is 9.59 Å². The van der Waals surface area contributed by atoms with Gasteiger partial charge in [0.15, 0.2) is 0 Å². The number of carbonyl (C=O) groups excluding carboxylic acids is 2. The van der Waals surface area contributed by atoms with Crippen molar-refractivity contribution in [3.8, 4) is 0 Å². The second kappa shape index (κ2) is 8.34. The average molecular weight is 334 g/mol. The summed E-state index contributed by atoms with van der Waals surface area (Å²) in [7, 11) is 0. The summed E-state index contributed by atoms with van der Waals surface area (Å²) in [6.07, 6.45) is 5.67. The molecule has 0 N–H and O–H groups in total. The summed E-state index contributed by atoms with van der Waals surface area (Å²) in [4.78, 5) is 29.0. The van der Waals surface area contributed by atoms with Crippen molar-refractivity contribution in [2.24, 2.45) is 9.98 Å². The van der Waals surface area contributed by atoms with Crippen LogP contribution in [0.25, 0.3) is 0 Å². The Morgan fingerprint density at radius 1 is 0.760 bits per heavy atom. The fourth-order valence-corrected chi connectivity index (χ4v) is 3.26. The second-order valence-corrected chi connectivity index (χ2v) is 6.13. The van der Waals surface area contributed by atoms with E-state index in [1.54, 1.807) is 12.2 Å². The van der Waals surface area contributed by atoms with Gasteiger partial charge >= 0.3 is 0 Å². The largest absolute Gasteiger partial charge is 0.240 e. The molecule has 0 unspecified atom stereocenters. The minimum atomic E-state index is 0.724. The fourth-order valence-electron chi connectivity index (χ4n) is 3.26. The lowest BCUT2D eigenvalue weighted by Crippen LogP contribution is -1.96. The molecule has 0 fully saturated rings. The second-order valence-electron chi connectivity index (χ2n) is 6.13. The average Bonchev–Trinajstić information content (AvgIpc) is 2.59. The van der Waals surface area contributed by atoms with Crippen molar-refractivity contribution in [1.82, 2.24) is 0 Å². The highest BCUT2D eigenvalue weighted by atomic mass is 16.1. The zero-order valence-corrected chi connectivity index (χ0v) is 15.1. The Labute approximate surface area is 148 Å². The highest BCUT2D eigenvalue weighted by molar-refractivity contribution is 5.61. The van der Waals surface area contributed by atoms with E-state index in [9.17, 15) is 9.59 Å². The van der Waals surface area contributed by atoms with E-state index < -0.39 is 0 Å². The van der Waals surface area contributed by atoms with Crippen LogP contribution in [0.15, 0.2) is 34.3 Å². The van der Waals surface area contributed by atoms with Gasteiger partial charge in [0.05, 0.1) is 11.4 Å². The summed E-state index contributed by atoms with van der Waals surface area (Å²) in [6.45, 7) is 8.02. The Morgan fingerprint density at radius 2 is 1.16 bits per heavy atom. The number of aliphatic imine (C=N–C) groups is 2. The third kappa shape index (κ3) is 4.19. The molecule has 0 saturated carbocycles. The molecule has 4 heteroatoms. The van der Waals surface area contributed by atoms with Crippen molar-refractivity contribution in [3.05, 3.63) is 57.6 Å². The third-order valence-electron chi connectivity index (χ3n) is 4.36. The van der Waals surface area contributed by atoms with Gasteiger partial charge in [-0.1, -0.05) is 38.1 Å². The highest BCUT2D eigenvalue weighted by Crippen LogP contribution is 2.30. The summed E-state index contributed by atoms with van der Waals surface area (Å²) >= 11 is 0. The quantitative estimate of drug-likeness (QED) is 0.554. The van der Waals surface area contributed by atoms with Gasteiger partial charge in [-0.05, 0) is 66.5 Å². The van der Waals surface area contributed by atoms with Gasteiger partial charge in [-0.2, -0.15) is 9.98 Å². The van der Waals surface area contributed by atoms with Crippen LogP contribution in [-0.2, 0) is 28.9 Å². The zero-order valence-electron chi connectivity index (χ0n) is 15.1. The zero-order chi connectivity index (χ0) is 18.4. The standard InChI is InChI=1S/C21H22N2O2/c1-5-18-10-16(7-14(3)20(18)22-12-24)9-17-8-15(4)21(23-13-25)19(6-2)11-17/h7-8,10-11H,5-6,9H2,1-4H3. The molecule has 2 rings (SSSR count). The maximum absolute atomic E-state index is 10.6. The number of rotatable bonds is 6. The summed E-state index contributed by atoms with van der Waals surface area (Å²) < 4.78 is 0. The van der Waals surface area contributed by atoms with Gasteiger partial charge in [-0.15, -0.1) is 0 Å².